The van der Waals surface area contributed by atoms with Gasteiger partial charge >= 0.3 is 6.03 Å². The third-order valence-corrected chi connectivity index (χ3v) is 7.79. The lowest BCUT2D eigenvalue weighted by Crippen LogP contribution is -2.80. The van der Waals surface area contributed by atoms with Gasteiger partial charge in [0.05, 0.1) is 5.41 Å². The van der Waals surface area contributed by atoms with Crippen LogP contribution in [0.4, 0.5) is 4.79 Å². The second-order valence-corrected chi connectivity index (χ2v) is 8.81. The molecule has 3 unspecified atom stereocenters. The molecule has 1 aromatic carbocycles. The molecular weight excluding hydrogens is 374 g/mol. The summed E-state index contributed by atoms with van der Waals surface area (Å²) in [6, 6.07) is 2.71. The number of rotatable bonds is 2. The molecule has 8 nitrogen and oxygen atoms in total. The van der Waals surface area contributed by atoms with E-state index >= 15 is 0 Å². The fourth-order valence-electron chi connectivity index (χ4n) is 6.67. The first kappa shape index (κ1) is 17.0. The number of fused-ring (bicyclic) bond motifs is 1. The van der Waals surface area contributed by atoms with Crippen LogP contribution in [0.5, 0.6) is 11.5 Å². The van der Waals surface area contributed by atoms with Crippen molar-refractivity contribution in [1.82, 2.24) is 10.6 Å². The summed E-state index contributed by atoms with van der Waals surface area (Å²) in [7, 11) is 0. The number of nitrogens with one attached hydrogen (secondary N) is 2. The van der Waals surface area contributed by atoms with Crippen LogP contribution >= 0.6 is 0 Å². The number of aromatic hydroxyl groups is 1. The quantitative estimate of drug-likeness (QED) is 0.322. The van der Waals surface area contributed by atoms with Gasteiger partial charge in [-0.1, -0.05) is 12.6 Å². The molecule has 8 heteroatoms. The molecule has 5 aliphatic rings. The average Bonchev–Trinajstić information content (AvgIpc) is 3.17. The predicted octanol–water partition coefficient (Wildman–Crippen LogP) is 0.0918. The smallest absolute Gasteiger partial charge is 0.322 e. The zero-order valence-electron chi connectivity index (χ0n) is 15.8. The average molecular weight is 396 g/mol. The number of ether oxygens (including phenoxy) is 1. The monoisotopic (exact) mass is 396 g/mol. The van der Waals surface area contributed by atoms with Crippen molar-refractivity contribution in [2.24, 2.45) is 0 Å². The van der Waals surface area contributed by atoms with Crippen LogP contribution in [0.3, 0.4) is 0 Å². The minimum absolute atomic E-state index is 0.0123. The molecule has 2 fully saturated rings. The van der Waals surface area contributed by atoms with E-state index in [1.165, 1.54) is 0 Å². The van der Waals surface area contributed by atoms with E-state index in [-0.39, 0.29) is 18.2 Å². The zero-order chi connectivity index (χ0) is 20.2. The van der Waals surface area contributed by atoms with Gasteiger partial charge in [-0.25, -0.2) is 9.37 Å². The van der Waals surface area contributed by atoms with E-state index in [9.17, 15) is 19.8 Å². The van der Waals surface area contributed by atoms with E-state index in [1.54, 1.807) is 6.07 Å². The lowest BCUT2D eigenvalue weighted by atomic mass is 9.46. The van der Waals surface area contributed by atoms with E-state index in [2.05, 4.69) is 21.8 Å². The Kier molecular flexibility index (Phi) is 2.93. The van der Waals surface area contributed by atoms with Crippen LogP contribution in [0.2, 0.25) is 0 Å². The number of phenolic OH excluding ortho intramolecular Hbond substituents is 1. The minimum Gasteiger partial charge on any atom is -0.504 e. The number of imide groups is 1. The van der Waals surface area contributed by atoms with Gasteiger partial charge in [0, 0.05) is 18.4 Å². The maximum atomic E-state index is 12.9. The molecule has 1 aromatic rings. The highest BCUT2D eigenvalue weighted by molar-refractivity contribution is 6.08. The van der Waals surface area contributed by atoms with Crippen LogP contribution in [-0.4, -0.2) is 62.8 Å². The summed E-state index contributed by atoms with van der Waals surface area (Å²) in [5, 5.41) is 27.9. The van der Waals surface area contributed by atoms with Gasteiger partial charge in [0.2, 0.25) is 0 Å². The summed E-state index contributed by atoms with van der Waals surface area (Å²) < 4.78 is 8.40. The summed E-state index contributed by atoms with van der Waals surface area (Å²) in [5.41, 5.74) is -1.59. The Morgan fingerprint density at radius 1 is 1.34 bits per heavy atom. The minimum atomic E-state index is -1.28. The van der Waals surface area contributed by atoms with E-state index in [4.69, 9.17) is 4.74 Å². The van der Waals surface area contributed by atoms with Crippen LogP contribution in [0, 0.1) is 0 Å². The number of benzene rings is 1. The Hall–Kier alpha value is -2.87. The van der Waals surface area contributed by atoms with Crippen LogP contribution in [0.1, 0.15) is 30.4 Å². The molecule has 0 aromatic heterocycles. The number of nitrogens with zero attached hydrogens (tertiary/aromatic N) is 1. The number of carbonyl (C=O) groups is 2. The van der Waals surface area contributed by atoms with Crippen molar-refractivity contribution < 1.29 is 29.1 Å². The molecule has 6 rings (SSSR count). The standard InChI is InChI=1S/C21H21N3O5/c1-2-8-24-9-7-19-14-11-3-4-12(25)15(14)29-16(19)20(17(26)22-18(27)23-20)5-6-21(19,28)13(24)10-11/h2-4,9,13,16,28H,1,5-8,10H2,(H2-,22,23,25,26,27)/p+1/t13-,16+,19?,20?,21?/m0/s1. The van der Waals surface area contributed by atoms with Gasteiger partial charge in [-0.3, -0.25) is 10.1 Å². The molecule has 3 aliphatic heterocycles. The molecule has 0 radical (unpaired) electrons. The van der Waals surface area contributed by atoms with Gasteiger partial charge in [-0.2, -0.15) is 0 Å². The molecule has 3 heterocycles. The van der Waals surface area contributed by atoms with Crippen LogP contribution in [0.25, 0.3) is 0 Å². The first-order valence-corrected chi connectivity index (χ1v) is 9.95. The number of phenols is 1. The SMILES string of the molecule is C=CC[N+]1=CCC23c4c5ccc(O)c4O[C@H]2C2(CCC3(O)[C@@H]1C5)NC(=O)NC2=O. The third kappa shape index (κ3) is 1.66. The molecule has 3 amide bonds. The fraction of sp³-hybridized carbons (Fsp3) is 0.476. The van der Waals surface area contributed by atoms with Crippen LogP contribution in [0.15, 0.2) is 24.8 Å². The molecule has 1 saturated heterocycles. The molecular formula is C21H22N3O5+. The van der Waals surface area contributed by atoms with Crippen molar-refractivity contribution in [1.29, 1.82) is 0 Å². The van der Waals surface area contributed by atoms with Gasteiger partial charge in [-0.05, 0) is 30.5 Å². The summed E-state index contributed by atoms with van der Waals surface area (Å²) in [6.07, 6.45) is 4.68. The summed E-state index contributed by atoms with van der Waals surface area (Å²) >= 11 is 0. The number of hydrogen-bond acceptors (Lipinski definition) is 5. The van der Waals surface area contributed by atoms with E-state index in [1.807, 2.05) is 18.4 Å². The van der Waals surface area contributed by atoms with Gasteiger partial charge < -0.3 is 20.3 Å². The molecule has 2 aliphatic carbocycles. The fourth-order valence-corrected chi connectivity index (χ4v) is 6.67. The normalized spacial score (nSPS) is 40.7. The lowest BCUT2D eigenvalue weighted by Gasteiger charge is -2.59. The van der Waals surface area contributed by atoms with Crippen molar-refractivity contribution in [3.8, 4) is 11.5 Å². The van der Waals surface area contributed by atoms with Gasteiger partial charge in [-0.15, -0.1) is 0 Å². The van der Waals surface area contributed by atoms with Crippen molar-refractivity contribution >= 4 is 18.2 Å². The molecule has 150 valence electrons. The topological polar surface area (TPSA) is 111 Å². The Bertz CT molecular complexity index is 1050. The van der Waals surface area contributed by atoms with E-state index in [0.29, 0.717) is 31.6 Å². The Labute approximate surface area is 166 Å². The van der Waals surface area contributed by atoms with Crippen molar-refractivity contribution in [3.63, 3.8) is 0 Å². The summed E-state index contributed by atoms with van der Waals surface area (Å²) in [4.78, 5) is 25.0. The molecule has 1 saturated carbocycles. The van der Waals surface area contributed by atoms with Gasteiger partial charge in [0.1, 0.15) is 17.9 Å². The van der Waals surface area contributed by atoms with Crippen molar-refractivity contribution in [2.45, 2.75) is 54.4 Å². The predicted molar refractivity (Wildman–Crippen MR) is 101 cm³/mol. The lowest BCUT2D eigenvalue weighted by molar-refractivity contribution is -0.588. The van der Waals surface area contributed by atoms with Crippen LogP contribution in [-0.2, 0) is 16.6 Å². The summed E-state index contributed by atoms with van der Waals surface area (Å²) in [6.45, 7) is 4.45. The highest BCUT2D eigenvalue weighted by atomic mass is 16.5. The number of amides is 3. The molecule has 29 heavy (non-hydrogen) atoms. The second-order valence-electron chi connectivity index (χ2n) is 8.81. The van der Waals surface area contributed by atoms with Gasteiger partial charge in [0.25, 0.3) is 5.91 Å². The molecule has 5 atom stereocenters. The van der Waals surface area contributed by atoms with Crippen molar-refractivity contribution in [2.75, 3.05) is 6.54 Å². The Morgan fingerprint density at radius 2 is 2.17 bits per heavy atom. The van der Waals surface area contributed by atoms with E-state index < -0.39 is 34.6 Å². The van der Waals surface area contributed by atoms with Gasteiger partial charge in [0.15, 0.2) is 29.6 Å². The number of hydrogen-bond donors (Lipinski definition) is 4. The maximum absolute atomic E-state index is 12.9. The first-order valence-electron chi connectivity index (χ1n) is 9.95. The Balaban J connectivity index is 1.65. The van der Waals surface area contributed by atoms with E-state index in [0.717, 1.165) is 11.1 Å². The largest absolute Gasteiger partial charge is 0.504 e. The number of aliphatic hydroxyl groups is 1. The van der Waals surface area contributed by atoms with Crippen LogP contribution < -0.4 is 15.4 Å². The zero-order valence-corrected chi connectivity index (χ0v) is 15.8. The van der Waals surface area contributed by atoms with Crippen molar-refractivity contribution in [3.05, 3.63) is 35.9 Å². The number of carbonyl (C=O) groups excluding carboxylic acids is 2. The number of urea groups is 1. The highest BCUT2D eigenvalue weighted by Crippen LogP contribution is 2.66. The Morgan fingerprint density at radius 3 is 2.90 bits per heavy atom. The first-order chi connectivity index (χ1) is 13.9. The molecule has 4 N–H and O–H groups in total. The molecule has 2 spiro atoms. The second kappa shape index (κ2) is 4.99. The molecule has 2 bridgehead atoms. The summed E-state index contributed by atoms with van der Waals surface area (Å²) in [5.74, 6) is -0.125. The third-order valence-electron chi connectivity index (χ3n) is 7.79. The highest BCUT2D eigenvalue weighted by Gasteiger charge is 2.79. The maximum Gasteiger partial charge on any atom is 0.322 e.